The van der Waals surface area contributed by atoms with Gasteiger partial charge in [0.25, 0.3) is 0 Å². The number of carbonyl (C=O) groups is 1. The molecule has 82 valence electrons. The second kappa shape index (κ2) is 4.61. The summed E-state index contributed by atoms with van der Waals surface area (Å²) in [6.45, 7) is 0.949. The zero-order valence-corrected chi connectivity index (χ0v) is 9.22. The highest BCUT2D eigenvalue weighted by Crippen LogP contribution is 2.32. The Bertz CT molecular complexity index is 347. The maximum atomic E-state index is 10.4. The van der Waals surface area contributed by atoms with Crippen molar-refractivity contribution in [1.29, 1.82) is 0 Å². The zero-order chi connectivity index (χ0) is 10.7. The van der Waals surface area contributed by atoms with E-state index in [1.54, 1.807) is 5.38 Å². The van der Waals surface area contributed by atoms with Crippen molar-refractivity contribution >= 4 is 22.4 Å². The number of carboxylic acid groups (broad SMARTS) is 1. The quantitative estimate of drug-likeness (QED) is 0.778. The molecule has 0 bridgehead atoms. The van der Waals surface area contributed by atoms with E-state index in [0.717, 1.165) is 17.6 Å². The smallest absolute Gasteiger partial charge is 0.309 e. The molecule has 0 aromatic carbocycles. The van der Waals surface area contributed by atoms with E-state index in [0.29, 0.717) is 5.69 Å². The van der Waals surface area contributed by atoms with Crippen LogP contribution in [0.3, 0.4) is 0 Å². The van der Waals surface area contributed by atoms with Crippen molar-refractivity contribution < 1.29 is 9.90 Å². The van der Waals surface area contributed by atoms with Crippen LogP contribution in [0.2, 0.25) is 0 Å². The number of hydrogen-bond acceptors (Lipinski definition) is 4. The van der Waals surface area contributed by atoms with Crippen LogP contribution in [0.4, 0.5) is 5.13 Å². The highest BCUT2D eigenvalue weighted by molar-refractivity contribution is 7.13. The van der Waals surface area contributed by atoms with Crippen molar-refractivity contribution in [3.63, 3.8) is 0 Å². The maximum absolute atomic E-state index is 10.4. The lowest BCUT2D eigenvalue weighted by atomic mass is 10.3. The number of thiazole rings is 1. The molecule has 0 radical (unpaired) electrons. The molecule has 1 saturated carbocycles. The molecule has 0 amide bonds. The molecule has 2 rings (SSSR count). The van der Waals surface area contributed by atoms with Gasteiger partial charge in [0.1, 0.15) is 0 Å². The van der Waals surface area contributed by atoms with Crippen LogP contribution in [0.5, 0.6) is 0 Å². The third-order valence-corrected chi connectivity index (χ3v) is 3.26. The van der Waals surface area contributed by atoms with Crippen molar-refractivity contribution in [2.24, 2.45) is 5.92 Å². The van der Waals surface area contributed by atoms with Crippen LogP contribution in [-0.2, 0) is 11.2 Å². The first-order valence-corrected chi connectivity index (χ1v) is 6.02. The standard InChI is InChI=1S/C10H14N2O2S/c13-9(14)5-8-6-15-10(12-8)11-4-3-7-1-2-7/h6-7H,1-5H2,(H,11,12)(H,13,14). The van der Waals surface area contributed by atoms with E-state index in [2.05, 4.69) is 10.3 Å². The molecule has 1 aliphatic rings. The minimum Gasteiger partial charge on any atom is -0.481 e. The maximum Gasteiger partial charge on any atom is 0.309 e. The van der Waals surface area contributed by atoms with Gasteiger partial charge in [-0.05, 0) is 12.3 Å². The van der Waals surface area contributed by atoms with E-state index in [-0.39, 0.29) is 6.42 Å². The molecular formula is C10H14N2O2S. The molecule has 1 aromatic rings. The molecule has 0 unspecified atom stereocenters. The van der Waals surface area contributed by atoms with E-state index < -0.39 is 5.97 Å². The molecule has 0 saturated heterocycles. The first-order chi connectivity index (χ1) is 7.24. The van der Waals surface area contributed by atoms with Crippen LogP contribution in [-0.4, -0.2) is 22.6 Å². The Morgan fingerprint density at radius 1 is 1.67 bits per heavy atom. The van der Waals surface area contributed by atoms with Crippen LogP contribution in [0, 0.1) is 5.92 Å². The molecule has 1 heterocycles. The summed E-state index contributed by atoms with van der Waals surface area (Å²) in [5.74, 6) is 0.0841. The zero-order valence-electron chi connectivity index (χ0n) is 8.40. The predicted molar refractivity (Wildman–Crippen MR) is 59.3 cm³/mol. The highest BCUT2D eigenvalue weighted by atomic mass is 32.1. The summed E-state index contributed by atoms with van der Waals surface area (Å²) >= 11 is 1.48. The number of anilines is 1. The normalized spacial score (nSPS) is 15.2. The average Bonchev–Trinajstić information content (AvgIpc) is 2.88. The van der Waals surface area contributed by atoms with Gasteiger partial charge in [-0.3, -0.25) is 4.79 Å². The molecule has 1 aliphatic carbocycles. The topological polar surface area (TPSA) is 62.2 Å². The lowest BCUT2D eigenvalue weighted by Gasteiger charge is -1.99. The second-order valence-corrected chi connectivity index (χ2v) is 4.73. The molecule has 0 spiro atoms. The van der Waals surface area contributed by atoms with Gasteiger partial charge >= 0.3 is 5.97 Å². The van der Waals surface area contributed by atoms with E-state index in [4.69, 9.17) is 5.11 Å². The van der Waals surface area contributed by atoms with E-state index in [1.807, 2.05) is 0 Å². The molecule has 1 fully saturated rings. The Hall–Kier alpha value is -1.10. The van der Waals surface area contributed by atoms with Gasteiger partial charge in [0, 0.05) is 11.9 Å². The fourth-order valence-electron chi connectivity index (χ4n) is 1.41. The second-order valence-electron chi connectivity index (χ2n) is 3.87. The number of carboxylic acids is 1. The van der Waals surface area contributed by atoms with Crippen LogP contribution in [0.15, 0.2) is 5.38 Å². The molecule has 0 aliphatic heterocycles. The van der Waals surface area contributed by atoms with Gasteiger partial charge in [-0.2, -0.15) is 0 Å². The van der Waals surface area contributed by atoms with Gasteiger partial charge in [-0.15, -0.1) is 11.3 Å². The fourth-order valence-corrected chi connectivity index (χ4v) is 2.15. The largest absolute Gasteiger partial charge is 0.481 e. The van der Waals surface area contributed by atoms with Crippen molar-refractivity contribution in [2.75, 3.05) is 11.9 Å². The van der Waals surface area contributed by atoms with Crippen molar-refractivity contribution in [1.82, 2.24) is 4.98 Å². The highest BCUT2D eigenvalue weighted by Gasteiger charge is 2.20. The van der Waals surface area contributed by atoms with Gasteiger partial charge in [-0.1, -0.05) is 12.8 Å². The Balaban J connectivity index is 1.75. The monoisotopic (exact) mass is 226 g/mol. The SMILES string of the molecule is O=C(O)Cc1csc(NCCC2CC2)n1. The molecular weight excluding hydrogens is 212 g/mol. The number of nitrogens with zero attached hydrogens (tertiary/aromatic N) is 1. The summed E-state index contributed by atoms with van der Waals surface area (Å²) in [5, 5.41) is 14.4. The van der Waals surface area contributed by atoms with Gasteiger partial charge in [-0.25, -0.2) is 4.98 Å². The third kappa shape index (κ3) is 3.51. The van der Waals surface area contributed by atoms with E-state index in [9.17, 15) is 4.79 Å². The van der Waals surface area contributed by atoms with Crippen LogP contribution in [0.25, 0.3) is 0 Å². The summed E-state index contributed by atoms with van der Waals surface area (Å²) in [5.41, 5.74) is 0.640. The summed E-state index contributed by atoms with van der Waals surface area (Å²) in [6.07, 6.45) is 3.95. The summed E-state index contributed by atoms with van der Waals surface area (Å²) in [7, 11) is 0. The predicted octanol–water partition coefficient (Wildman–Crippen LogP) is 1.98. The Labute approximate surface area is 92.3 Å². The lowest BCUT2D eigenvalue weighted by Crippen LogP contribution is -2.03. The van der Waals surface area contributed by atoms with Crippen LogP contribution >= 0.6 is 11.3 Å². The van der Waals surface area contributed by atoms with E-state index >= 15 is 0 Å². The summed E-state index contributed by atoms with van der Waals surface area (Å²) in [4.78, 5) is 14.6. The van der Waals surface area contributed by atoms with E-state index in [1.165, 1.54) is 30.6 Å². The first-order valence-electron chi connectivity index (χ1n) is 5.14. The van der Waals surface area contributed by atoms with Gasteiger partial charge in [0.05, 0.1) is 12.1 Å². The number of hydrogen-bond donors (Lipinski definition) is 2. The minimum atomic E-state index is -0.829. The Kier molecular flexibility index (Phi) is 3.20. The summed E-state index contributed by atoms with van der Waals surface area (Å²) in [6, 6.07) is 0. The Morgan fingerprint density at radius 3 is 3.13 bits per heavy atom. The van der Waals surface area contributed by atoms with Crippen molar-refractivity contribution in [3.8, 4) is 0 Å². The molecule has 15 heavy (non-hydrogen) atoms. The molecule has 5 heteroatoms. The van der Waals surface area contributed by atoms with Gasteiger partial charge in [0.15, 0.2) is 5.13 Å². The number of rotatable bonds is 6. The third-order valence-electron chi connectivity index (χ3n) is 2.41. The molecule has 0 atom stereocenters. The number of nitrogens with one attached hydrogen (secondary N) is 1. The first kappa shape index (κ1) is 10.4. The average molecular weight is 226 g/mol. The molecule has 4 nitrogen and oxygen atoms in total. The number of aliphatic carboxylic acids is 1. The van der Waals surface area contributed by atoms with Crippen LogP contribution < -0.4 is 5.32 Å². The van der Waals surface area contributed by atoms with Gasteiger partial charge in [0.2, 0.25) is 0 Å². The van der Waals surface area contributed by atoms with Gasteiger partial charge < -0.3 is 10.4 Å². The Morgan fingerprint density at radius 2 is 2.47 bits per heavy atom. The number of aromatic nitrogens is 1. The van der Waals surface area contributed by atoms with Crippen molar-refractivity contribution in [3.05, 3.63) is 11.1 Å². The lowest BCUT2D eigenvalue weighted by molar-refractivity contribution is -0.136. The molecule has 2 N–H and O–H groups in total. The minimum absolute atomic E-state index is 0.0147. The van der Waals surface area contributed by atoms with Crippen LogP contribution in [0.1, 0.15) is 25.0 Å². The molecule has 1 aromatic heterocycles. The fraction of sp³-hybridized carbons (Fsp3) is 0.600. The van der Waals surface area contributed by atoms with Crippen molar-refractivity contribution in [2.45, 2.75) is 25.7 Å². The summed E-state index contributed by atoms with van der Waals surface area (Å²) < 4.78 is 0.